The number of hydrogen-bond donors (Lipinski definition) is 1. The van der Waals surface area contributed by atoms with E-state index in [1.807, 2.05) is 24.3 Å². The van der Waals surface area contributed by atoms with E-state index in [0.717, 1.165) is 23.0 Å². The molecule has 2 aromatic rings. The molecule has 1 fully saturated rings. The van der Waals surface area contributed by atoms with Gasteiger partial charge in [0.2, 0.25) is 0 Å². The summed E-state index contributed by atoms with van der Waals surface area (Å²) in [7, 11) is 0. The Bertz CT molecular complexity index is 735. The number of para-hydroxylation sites is 1. The maximum atomic E-state index is 11.5. The Balaban J connectivity index is 1.88. The van der Waals surface area contributed by atoms with E-state index in [0.29, 0.717) is 23.3 Å². The van der Waals surface area contributed by atoms with Gasteiger partial charge in [-0.3, -0.25) is 4.98 Å². The lowest BCUT2D eigenvalue weighted by Gasteiger charge is -2.18. The van der Waals surface area contributed by atoms with Crippen molar-refractivity contribution in [1.82, 2.24) is 4.98 Å². The molecule has 1 aromatic heterocycles. The van der Waals surface area contributed by atoms with Crippen molar-refractivity contribution in [2.75, 3.05) is 0 Å². The Morgan fingerprint density at radius 1 is 1.20 bits per heavy atom. The molecule has 0 unspecified atom stereocenters. The van der Waals surface area contributed by atoms with Crippen LogP contribution < -0.4 is 0 Å². The molecular weight excluding hydrogens is 250 g/mol. The smallest absolute Gasteiger partial charge is 0.336 e. The summed E-state index contributed by atoms with van der Waals surface area (Å²) in [6.45, 7) is 0. The summed E-state index contributed by atoms with van der Waals surface area (Å²) in [6.07, 6.45) is 6.86. The number of aromatic carboxylic acids is 1. The Morgan fingerprint density at radius 2 is 2.05 bits per heavy atom. The molecule has 0 spiro atoms. The molecule has 1 N–H and O–H groups in total. The van der Waals surface area contributed by atoms with Gasteiger partial charge in [-0.15, -0.1) is 0 Å². The van der Waals surface area contributed by atoms with Crippen molar-refractivity contribution >= 4 is 16.9 Å². The average Bonchev–Trinajstić information content (AvgIpc) is 3.08. The van der Waals surface area contributed by atoms with Crippen LogP contribution in [0.5, 0.6) is 0 Å². The third-order valence-corrected chi connectivity index (χ3v) is 4.63. The van der Waals surface area contributed by atoms with Crippen LogP contribution in [0.25, 0.3) is 10.9 Å². The molecule has 1 saturated carbocycles. The number of carboxylic acid groups (broad SMARTS) is 1. The lowest BCUT2D eigenvalue weighted by molar-refractivity contribution is 0.0699. The monoisotopic (exact) mass is 265 g/mol. The van der Waals surface area contributed by atoms with E-state index in [9.17, 15) is 9.90 Å². The standard InChI is InChI=1S/C17H15NO2/c19-17(20)14-9-16(13-8-10-5-6-11(13)7-10)18-15-4-2-1-3-12(14)15/h1-6,9-11,13H,7-8H2,(H,19,20)/t10-,11+,13+/m1/s1. The zero-order chi connectivity index (χ0) is 13.7. The van der Waals surface area contributed by atoms with Crippen molar-refractivity contribution in [2.24, 2.45) is 11.8 Å². The first kappa shape index (κ1) is 11.6. The van der Waals surface area contributed by atoms with Crippen molar-refractivity contribution in [3.8, 4) is 0 Å². The zero-order valence-electron chi connectivity index (χ0n) is 11.0. The minimum absolute atomic E-state index is 0.373. The van der Waals surface area contributed by atoms with Crippen molar-refractivity contribution in [3.05, 3.63) is 53.7 Å². The van der Waals surface area contributed by atoms with Crippen molar-refractivity contribution < 1.29 is 9.90 Å². The van der Waals surface area contributed by atoms with Crippen LogP contribution in [-0.4, -0.2) is 16.1 Å². The Kier molecular flexibility index (Phi) is 2.43. The highest BCUT2D eigenvalue weighted by atomic mass is 16.4. The number of carbonyl (C=O) groups is 1. The third kappa shape index (κ3) is 1.66. The van der Waals surface area contributed by atoms with E-state index < -0.39 is 5.97 Å². The van der Waals surface area contributed by atoms with Crippen LogP contribution in [0.3, 0.4) is 0 Å². The van der Waals surface area contributed by atoms with E-state index in [2.05, 4.69) is 12.2 Å². The second-order valence-electron chi connectivity index (χ2n) is 5.80. The summed E-state index contributed by atoms with van der Waals surface area (Å²) in [5.41, 5.74) is 2.10. The molecule has 2 aliphatic rings. The number of benzene rings is 1. The largest absolute Gasteiger partial charge is 0.478 e. The van der Waals surface area contributed by atoms with E-state index in [1.165, 1.54) is 6.42 Å². The first-order valence-electron chi connectivity index (χ1n) is 7.03. The lowest BCUT2D eigenvalue weighted by atomic mass is 9.89. The second kappa shape index (κ2) is 4.17. The molecule has 0 amide bonds. The number of fused-ring (bicyclic) bond motifs is 3. The molecule has 1 aromatic carbocycles. The van der Waals surface area contributed by atoms with Crippen LogP contribution in [0.4, 0.5) is 0 Å². The van der Waals surface area contributed by atoms with Gasteiger partial charge >= 0.3 is 5.97 Å². The Morgan fingerprint density at radius 3 is 2.75 bits per heavy atom. The Hall–Kier alpha value is -2.16. The number of carboxylic acids is 1. The van der Waals surface area contributed by atoms with Crippen LogP contribution >= 0.6 is 0 Å². The summed E-state index contributed by atoms with van der Waals surface area (Å²) in [5, 5.41) is 10.2. The number of pyridine rings is 1. The molecule has 3 heteroatoms. The predicted molar refractivity (Wildman–Crippen MR) is 76.8 cm³/mol. The summed E-state index contributed by atoms with van der Waals surface area (Å²) < 4.78 is 0. The van der Waals surface area contributed by atoms with Gasteiger partial charge in [-0.2, -0.15) is 0 Å². The number of allylic oxidation sites excluding steroid dienone is 2. The number of rotatable bonds is 2. The van der Waals surface area contributed by atoms with Crippen LogP contribution in [0.1, 0.15) is 34.8 Å². The fourth-order valence-electron chi connectivity index (χ4n) is 3.68. The minimum atomic E-state index is -0.872. The van der Waals surface area contributed by atoms with Crippen LogP contribution in [0, 0.1) is 11.8 Å². The molecular formula is C17H15NO2. The predicted octanol–water partition coefficient (Wildman–Crippen LogP) is 3.61. The first-order chi connectivity index (χ1) is 9.72. The maximum Gasteiger partial charge on any atom is 0.336 e. The molecule has 0 radical (unpaired) electrons. The van der Waals surface area contributed by atoms with Gasteiger partial charge in [0.1, 0.15) is 0 Å². The van der Waals surface area contributed by atoms with E-state index in [1.54, 1.807) is 6.07 Å². The van der Waals surface area contributed by atoms with Crippen molar-refractivity contribution in [3.63, 3.8) is 0 Å². The minimum Gasteiger partial charge on any atom is -0.478 e. The highest BCUT2D eigenvalue weighted by Crippen LogP contribution is 2.48. The topological polar surface area (TPSA) is 50.2 Å². The highest BCUT2D eigenvalue weighted by Gasteiger charge is 2.37. The van der Waals surface area contributed by atoms with Crippen molar-refractivity contribution in [2.45, 2.75) is 18.8 Å². The molecule has 2 aliphatic carbocycles. The quantitative estimate of drug-likeness (QED) is 0.844. The lowest BCUT2D eigenvalue weighted by Crippen LogP contribution is -2.10. The van der Waals surface area contributed by atoms with Gasteiger partial charge in [0, 0.05) is 17.0 Å². The van der Waals surface area contributed by atoms with Gasteiger partial charge in [-0.25, -0.2) is 4.79 Å². The molecule has 0 saturated heterocycles. The van der Waals surface area contributed by atoms with Crippen molar-refractivity contribution in [1.29, 1.82) is 0 Å². The van der Waals surface area contributed by atoms with Crippen LogP contribution in [0.2, 0.25) is 0 Å². The molecule has 1 heterocycles. The second-order valence-corrected chi connectivity index (χ2v) is 5.80. The van der Waals surface area contributed by atoms with Crippen LogP contribution in [0.15, 0.2) is 42.5 Å². The molecule has 2 bridgehead atoms. The van der Waals surface area contributed by atoms with E-state index >= 15 is 0 Å². The SMILES string of the molecule is O=C(O)c1cc([C@H]2C[C@@H]3C=C[C@H]2C3)nc2ccccc12. The fourth-order valence-corrected chi connectivity index (χ4v) is 3.68. The number of hydrogen-bond acceptors (Lipinski definition) is 2. The van der Waals surface area contributed by atoms with Gasteiger partial charge in [0.15, 0.2) is 0 Å². The number of aromatic nitrogens is 1. The molecule has 0 aliphatic heterocycles. The zero-order valence-corrected chi connectivity index (χ0v) is 11.0. The van der Waals surface area contributed by atoms with E-state index in [-0.39, 0.29) is 0 Å². The summed E-state index contributed by atoms with van der Waals surface area (Å²) in [6, 6.07) is 9.27. The Labute approximate surface area is 117 Å². The van der Waals surface area contributed by atoms with Crippen LogP contribution in [-0.2, 0) is 0 Å². The van der Waals surface area contributed by atoms with Gasteiger partial charge in [-0.1, -0.05) is 30.4 Å². The highest BCUT2D eigenvalue weighted by molar-refractivity contribution is 6.02. The summed E-state index contributed by atoms with van der Waals surface area (Å²) in [4.78, 5) is 16.2. The molecule has 100 valence electrons. The molecule has 20 heavy (non-hydrogen) atoms. The van der Waals surface area contributed by atoms with Gasteiger partial charge in [-0.05, 0) is 36.8 Å². The summed E-state index contributed by atoms with van der Waals surface area (Å²) in [5.74, 6) is 0.707. The number of nitrogens with zero attached hydrogens (tertiary/aromatic N) is 1. The van der Waals surface area contributed by atoms with Gasteiger partial charge < -0.3 is 5.11 Å². The van der Waals surface area contributed by atoms with Gasteiger partial charge in [0.25, 0.3) is 0 Å². The average molecular weight is 265 g/mol. The molecule has 4 rings (SSSR count). The van der Waals surface area contributed by atoms with E-state index in [4.69, 9.17) is 4.98 Å². The maximum absolute atomic E-state index is 11.5. The normalized spacial score (nSPS) is 27.3. The molecule has 3 atom stereocenters. The third-order valence-electron chi connectivity index (χ3n) is 4.63. The summed E-state index contributed by atoms with van der Waals surface area (Å²) >= 11 is 0. The fraction of sp³-hybridized carbons (Fsp3) is 0.294. The molecule has 3 nitrogen and oxygen atoms in total. The van der Waals surface area contributed by atoms with Gasteiger partial charge in [0.05, 0.1) is 11.1 Å². The first-order valence-corrected chi connectivity index (χ1v) is 7.03.